The van der Waals surface area contributed by atoms with Crippen LogP contribution in [0.3, 0.4) is 0 Å². The van der Waals surface area contributed by atoms with E-state index in [1.54, 1.807) is 30.3 Å². The van der Waals surface area contributed by atoms with Gasteiger partial charge in [-0.2, -0.15) is 0 Å². The van der Waals surface area contributed by atoms with Gasteiger partial charge in [-0.25, -0.2) is 4.39 Å². The summed E-state index contributed by atoms with van der Waals surface area (Å²) in [7, 11) is 0. The summed E-state index contributed by atoms with van der Waals surface area (Å²) in [5.74, 6) is -3.93. The molecule has 1 saturated heterocycles. The Morgan fingerprint density at radius 1 is 1.07 bits per heavy atom. The van der Waals surface area contributed by atoms with E-state index >= 15 is 0 Å². The number of carbonyl (C=O) groups excluding carboxylic acids is 2. The minimum absolute atomic E-state index is 0.0562. The number of halogens is 2. The fourth-order valence-corrected chi connectivity index (χ4v) is 3.56. The number of likely N-dealkylation sites (tertiary alicyclic amines) is 1. The number of aliphatic hydroxyl groups excluding tert-OH is 1. The monoisotopic (exact) mass is 461 g/mol. The molecule has 2 N–H and O–H groups in total. The highest BCUT2D eigenvalue weighted by atomic mass is 79.9. The summed E-state index contributed by atoms with van der Waals surface area (Å²) in [6.07, 6.45) is -0.120. The van der Waals surface area contributed by atoms with Crippen LogP contribution in [0, 0.1) is 5.82 Å². The molecular formula is C21H17BrFNO5. The van der Waals surface area contributed by atoms with Gasteiger partial charge in [0, 0.05) is 28.6 Å². The first kappa shape index (κ1) is 20.7. The Morgan fingerprint density at radius 3 is 2.34 bits per heavy atom. The molecule has 0 bridgehead atoms. The average molecular weight is 462 g/mol. The number of ketones is 1. The molecule has 0 saturated carbocycles. The second kappa shape index (κ2) is 8.57. The van der Waals surface area contributed by atoms with Crippen LogP contribution >= 0.6 is 15.9 Å². The molecule has 1 aliphatic rings. The van der Waals surface area contributed by atoms with Gasteiger partial charge in [-0.05, 0) is 24.6 Å². The molecule has 1 fully saturated rings. The maximum absolute atomic E-state index is 14.6. The van der Waals surface area contributed by atoms with E-state index in [2.05, 4.69) is 15.9 Å². The molecule has 0 radical (unpaired) electrons. The Hall–Kier alpha value is -3.00. The lowest BCUT2D eigenvalue weighted by atomic mass is 9.95. The highest BCUT2D eigenvalue weighted by molar-refractivity contribution is 9.10. The highest BCUT2D eigenvalue weighted by Crippen LogP contribution is 2.40. The average Bonchev–Trinajstić information content (AvgIpc) is 2.93. The van der Waals surface area contributed by atoms with Gasteiger partial charge in [-0.15, -0.1) is 0 Å². The van der Waals surface area contributed by atoms with Gasteiger partial charge < -0.3 is 15.1 Å². The molecule has 150 valence electrons. The highest BCUT2D eigenvalue weighted by Gasteiger charge is 2.46. The molecule has 1 aliphatic heterocycles. The summed E-state index contributed by atoms with van der Waals surface area (Å²) in [6, 6.07) is 11.0. The van der Waals surface area contributed by atoms with E-state index in [4.69, 9.17) is 5.11 Å². The number of hydrogen-bond donors (Lipinski definition) is 2. The molecule has 0 aromatic heterocycles. The Kier molecular flexibility index (Phi) is 6.12. The number of rotatable bonds is 6. The van der Waals surface area contributed by atoms with E-state index in [-0.39, 0.29) is 30.5 Å². The minimum atomic E-state index is -1.14. The third kappa shape index (κ3) is 4.22. The van der Waals surface area contributed by atoms with Crippen LogP contribution in [0.5, 0.6) is 0 Å². The molecule has 29 heavy (non-hydrogen) atoms. The molecule has 2 aromatic rings. The van der Waals surface area contributed by atoms with Crippen molar-refractivity contribution in [3.05, 3.63) is 75.5 Å². The summed E-state index contributed by atoms with van der Waals surface area (Å²) in [5.41, 5.74) is 0.136. The first-order chi connectivity index (χ1) is 13.8. The van der Waals surface area contributed by atoms with Crippen molar-refractivity contribution in [3.8, 4) is 0 Å². The van der Waals surface area contributed by atoms with Gasteiger partial charge in [0.25, 0.3) is 11.7 Å². The number of nitrogens with zero attached hydrogens (tertiary/aromatic N) is 1. The first-order valence-electron chi connectivity index (χ1n) is 8.82. The summed E-state index contributed by atoms with van der Waals surface area (Å²) >= 11 is 3.28. The second-order valence-electron chi connectivity index (χ2n) is 6.52. The number of carboxylic acids is 1. The van der Waals surface area contributed by atoms with Gasteiger partial charge in [-0.3, -0.25) is 14.4 Å². The van der Waals surface area contributed by atoms with Crippen molar-refractivity contribution in [1.29, 1.82) is 0 Å². The number of aliphatic hydroxyl groups is 1. The summed E-state index contributed by atoms with van der Waals surface area (Å²) < 4.78 is 15.3. The van der Waals surface area contributed by atoms with Crippen LogP contribution < -0.4 is 0 Å². The third-order valence-corrected chi connectivity index (χ3v) is 5.18. The van der Waals surface area contributed by atoms with Crippen LogP contribution in [0.15, 0.2) is 58.6 Å². The van der Waals surface area contributed by atoms with Gasteiger partial charge in [0.05, 0.1) is 11.6 Å². The molecule has 0 aliphatic carbocycles. The maximum Gasteiger partial charge on any atom is 0.303 e. The maximum atomic E-state index is 14.6. The predicted molar refractivity (Wildman–Crippen MR) is 106 cm³/mol. The largest absolute Gasteiger partial charge is 0.507 e. The number of hydrogen-bond acceptors (Lipinski definition) is 4. The minimum Gasteiger partial charge on any atom is -0.507 e. The van der Waals surface area contributed by atoms with Gasteiger partial charge in [0.15, 0.2) is 0 Å². The normalized spacial score (nSPS) is 18.3. The summed E-state index contributed by atoms with van der Waals surface area (Å²) in [4.78, 5) is 37.3. The van der Waals surface area contributed by atoms with Crippen LogP contribution in [0.2, 0.25) is 0 Å². The van der Waals surface area contributed by atoms with Gasteiger partial charge in [0.2, 0.25) is 0 Å². The molecule has 3 rings (SSSR count). The lowest BCUT2D eigenvalue weighted by molar-refractivity contribution is -0.140. The number of amides is 1. The van der Waals surface area contributed by atoms with Crippen LogP contribution in [-0.4, -0.2) is 39.3 Å². The van der Waals surface area contributed by atoms with E-state index in [9.17, 15) is 23.9 Å². The Bertz CT molecular complexity index is 1000. The number of aliphatic carboxylic acids is 1. The zero-order chi connectivity index (χ0) is 21.1. The Labute approximate surface area is 174 Å². The standard InChI is InChI=1S/C21H17BrFNO5/c22-13-9-7-12(8-10-13)19(27)17-18(14-4-1-2-5-15(14)23)24(21(29)20(17)28)11-3-6-16(25)26/h1-2,4-5,7-10,18,27H,3,6,11H2,(H,25,26)/t18-/m1/s1. The van der Waals surface area contributed by atoms with Crippen molar-refractivity contribution in [1.82, 2.24) is 4.90 Å². The second-order valence-corrected chi connectivity index (χ2v) is 7.43. The van der Waals surface area contributed by atoms with E-state index in [0.29, 0.717) is 5.56 Å². The van der Waals surface area contributed by atoms with Gasteiger partial charge in [-0.1, -0.05) is 46.3 Å². The van der Waals surface area contributed by atoms with Crippen molar-refractivity contribution in [3.63, 3.8) is 0 Å². The number of carboxylic acid groups (broad SMARTS) is 1. The Morgan fingerprint density at radius 2 is 1.72 bits per heavy atom. The summed E-state index contributed by atoms with van der Waals surface area (Å²) in [5, 5.41) is 19.7. The Balaban J connectivity index is 2.12. The zero-order valence-electron chi connectivity index (χ0n) is 15.1. The van der Waals surface area contributed by atoms with E-state index in [1.165, 1.54) is 18.2 Å². The number of benzene rings is 2. The molecule has 1 amide bonds. The lowest BCUT2D eigenvalue weighted by Gasteiger charge is -2.25. The number of carbonyl (C=O) groups is 3. The molecule has 0 spiro atoms. The fraction of sp³-hybridized carbons (Fsp3) is 0.190. The lowest BCUT2D eigenvalue weighted by Crippen LogP contribution is -2.31. The topological polar surface area (TPSA) is 94.9 Å². The fourth-order valence-electron chi connectivity index (χ4n) is 3.29. The van der Waals surface area contributed by atoms with Crippen LogP contribution in [0.4, 0.5) is 4.39 Å². The van der Waals surface area contributed by atoms with Crippen molar-refractivity contribution >= 4 is 39.3 Å². The smallest absolute Gasteiger partial charge is 0.303 e. The zero-order valence-corrected chi connectivity index (χ0v) is 16.7. The van der Waals surface area contributed by atoms with E-state index in [1.807, 2.05) is 0 Å². The molecular weight excluding hydrogens is 445 g/mol. The van der Waals surface area contributed by atoms with E-state index in [0.717, 1.165) is 9.37 Å². The molecule has 0 unspecified atom stereocenters. The van der Waals surface area contributed by atoms with Crippen molar-refractivity contribution in [2.24, 2.45) is 0 Å². The molecule has 8 heteroatoms. The van der Waals surface area contributed by atoms with Crippen LogP contribution in [0.1, 0.15) is 30.0 Å². The first-order valence-corrected chi connectivity index (χ1v) is 9.61. The van der Waals surface area contributed by atoms with Crippen LogP contribution in [0.25, 0.3) is 5.76 Å². The van der Waals surface area contributed by atoms with Crippen LogP contribution in [-0.2, 0) is 14.4 Å². The van der Waals surface area contributed by atoms with Crippen molar-refractivity contribution in [2.45, 2.75) is 18.9 Å². The summed E-state index contributed by atoms with van der Waals surface area (Å²) in [6.45, 7) is -0.0625. The van der Waals surface area contributed by atoms with Crippen molar-refractivity contribution < 1.29 is 29.0 Å². The molecule has 1 atom stereocenters. The quantitative estimate of drug-likeness (QED) is 0.386. The molecule has 2 aromatic carbocycles. The number of Topliss-reactive ketones (excluding diaryl/α,β-unsaturated/α-hetero) is 1. The SMILES string of the molecule is O=C(O)CCCN1C(=O)C(=O)C(=C(O)c2ccc(Br)cc2)[C@H]1c1ccccc1F. The van der Waals surface area contributed by atoms with Gasteiger partial charge >= 0.3 is 5.97 Å². The van der Waals surface area contributed by atoms with E-state index < -0.39 is 35.3 Å². The molecule has 1 heterocycles. The van der Waals surface area contributed by atoms with Crippen molar-refractivity contribution in [2.75, 3.05) is 6.54 Å². The third-order valence-electron chi connectivity index (χ3n) is 4.65. The molecule has 6 nitrogen and oxygen atoms in total. The predicted octanol–water partition coefficient (Wildman–Crippen LogP) is 3.87. The van der Waals surface area contributed by atoms with Gasteiger partial charge in [0.1, 0.15) is 11.6 Å².